The molecule has 0 saturated heterocycles. The molecule has 0 atom stereocenters. The summed E-state index contributed by atoms with van der Waals surface area (Å²) >= 11 is 0. The van der Waals surface area contributed by atoms with Crippen LogP contribution in [0.4, 0.5) is 8.78 Å². The minimum absolute atomic E-state index is 0.116. The van der Waals surface area contributed by atoms with Crippen LogP contribution in [0.25, 0.3) is 0 Å². The van der Waals surface area contributed by atoms with Gasteiger partial charge in [-0.25, -0.2) is 18.6 Å². The topological polar surface area (TPSA) is 44.1 Å². The number of hydrogen-bond donors (Lipinski definition) is 0. The minimum atomic E-state index is -0.663. The highest BCUT2D eigenvalue weighted by molar-refractivity contribution is 5.87. The first-order valence-electron chi connectivity index (χ1n) is 5.58. The molecule has 2 rings (SSSR count). The Kier molecular flexibility index (Phi) is 3.59. The Morgan fingerprint density at radius 3 is 2.58 bits per heavy atom. The fraction of sp³-hybridized carbons (Fsp3) is 0.231. The predicted molar refractivity (Wildman–Crippen MR) is 63.8 cm³/mol. The van der Waals surface area contributed by atoms with Crippen LogP contribution in [0.15, 0.2) is 24.4 Å². The molecule has 0 aliphatic rings. The molecule has 1 aromatic carbocycles. The lowest BCUT2D eigenvalue weighted by Gasteiger charge is -2.10. The molecule has 0 N–H and O–H groups in total. The lowest BCUT2D eigenvalue weighted by atomic mass is 10.2. The van der Waals surface area contributed by atoms with Gasteiger partial charge in [0.1, 0.15) is 23.2 Å². The molecular weight excluding hydrogens is 254 g/mol. The number of hydrogen-bond acceptors (Lipinski definition) is 3. The Balaban J connectivity index is 2.44. The Morgan fingerprint density at radius 1 is 1.37 bits per heavy atom. The number of rotatable bonds is 3. The van der Waals surface area contributed by atoms with Crippen LogP contribution in [0.2, 0.25) is 0 Å². The van der Waals surface area contributed by atoms with Crippen LogP contribution in [0.5, 0.6) is 0 Å². The van der Waals surface area contributed by atoms with Gasteiger partial charge in [-0.15, -0.1) is 0 Å². The number of halogens is 2. The third kappa shape index (κ3) is 2.47. The molecule has 19 heavy (non-hydrogen) atoms. The van der Waals surface area contributed by atoms with Gasteiger partial charge in [-0.05, 0) is 19.1 Å². The molecule has 0 radical (unpaired) electrons. The summed E-state index contributed by atoms with van der Waals surface area (Å²) in [6.45, 7) is 1.53. The molecular formula is C13H12F2N2O2. The number of aryl methyl sites for hydroxylation is 1. The number of carbonyl (C=O) groups excluding carboxylic acids is 1. The van der Waals surface area contributed by atoms with Crippen LogP contribution < -0.4 is 0 Å². The molecule has 0 aliphatic carbocycles. The number of esters is 1. The SMILES string of the molecule is COC(=O)c1cnc(C)n1Cc1c(F)cccc1F. The summed E-state index contributed by atoms with van der Waals surface area (Å²) in [5.41, 5.74) is 0.0383. The van der Waals surface area contributed by atoms with Crippen molar-refractivity contribution >= 4 is 5.97 Å². The van der Waals surface area contributed by atoms with E-state index in [1.165, 1.54) is 36.1 Å². The fourth-order valence-corrected chi connectivity index (χ4v) is 1.78. The van der Waals surface area contributed by atoms with Crippen molar-refractivity contribution in [3.05, 3.63) is 53.1 Å². The van der Waals surface area contributed by atoms with Gasteiger partial charge in [0.25, 0.3) is 0 Å². The van der Waals surface area contributed by atoms with Crippen LogP contribution in [0.3, 0.4) is 0 Å². The zero-order chi connectivity index (χ0) is 14.0. The van der Waals surface area contributed by atoms with E-state index in [4.69, 9.17) is 0 Å². The standard InChI is InChI=1S/C13H12F2N2O2/c1-8-16-6-12(13(18)19-2)17(8)7-9-10(14)4-3-5-11(9)15/h3-6H,7H2,1-2H3. The first-order chi connectivity index (χ1) is 9.04. The molecule has 0 amide bonds. The number of ether oxygens (including phenoxy) is 1. The predicted octanol–water partition coefficient (Wildman–Crippen LogP) is 2.30. The van der Waals surface area contributed by atoms with E-state index in [1.807, 2.05) is 0 Å². The van der Waals surface area contributed by atoms with Crippen molar-refractivity contribution in [2.24, 2.45) is 0 Å². The largest absolute Gasteiger partial charge is 0.464 e. The Labute approximate surface area is 108 Å². The average Bonchev–Trinajstić information content (AvgIpc) is 2.74. The van der Waals surface area contributed by atoms with E-state index in [-0.39, 0.29) is 17.8 Å². The van der Waals surface area contributed by atoms with Crippen molar-refractivity contribution in [1.29, 1.82) is 0 Å². The first kappa shape index (κ1) is 13.2. The highest BCUT2D eigenvalue weighted by Crippen LogP contribution is 2.16. The molecule has 0 saturated carbocycles. The van der Waals surface area contributed by atoms with Gasteiger partial charge in [0.15, 0.2) is 0 Å². The van der Waals surface area contributed by atoms with E-state index in [1.54, 1.807) is 6.92 Å². The van der Waals surface area contributed by atoms with Gasteiger partial charge >= 0.3 is 5.97 Å². The van der Waals surface area contributed by atoms with E-state index in [2.05, 4.69) is 9.72 Å². The van der Waals surface area contributed by atoms with Crippen LogP contribution >= 0.6 is 0 Å². The Hall–Kier alpha value is -2.24. The van der Waals surface area contributed by atoms with E-state index < -0.39 is 17.6 Å². The van der Waals surface area contributed by atoms with Crippen molar-refractivity contribution in [2.75, 3.05) is 7.11 Å². The Morgan fingerprint density at radius 2 is 2.00 bits per heavy atom. The molecule has 4 nitrogen and oxygen atoms in total. The van der Waals surface area contributed by atoms with Crippen molar-refractivity contribution in [1.82, 2.24) is 9.55 Å². The number of carbonyl (C=O) groups is 1. The van der Waals surface area contributed by atoms with Gasteiger partial charge in [0.05, 0.1) is 19.9 Å². The molecule has 100 valence electrons. The zero-order valence-electron chi connectivity index (χ0n) is 10.5. The molecule has 1 heterocycles. The summed E-state index contributed by atoms with van der Waals surface area (Å²) in [4.78, 5) is 15.5. The number of nitrogens with zero attached hydrogens (tertiary/aromatic N) is 2. The van der Waals surface area contributed by atoms with Gasteiger partial charge in [-0.2, -0.15) is 0 Å². The molecule has 2 aromatic rings. The maximum Gasteiger partial charge on any atom is 0.356 e. The van der Waals surface area contributed by atoms with Crippen molar-refractivity contribution in [3.8, 4) is 0 Å². The summed E-state index contributed by atoms with van der Waals surface area (Å²) in [6, 6.07) is 3.63. The highest BCUT2D eigenvalue weighted by Gasteiger charge is 2.18. The van der Waals surface area contributed by atoms with E-state index in [0.717, 1.165) is 0 Å². The smallest absolute Gasteiger partial charge is 0.356 e. The van der Waals surface area contributed by atoms with Crippen molar-refractivity contribution in [2.45, 2.75) is 13.5 Å². The van der Waals surface area contributed by atoms with Crippen LogP contribution in [0, 0.1) is 18.6 Å². The average molecular weight is 266 g/mol. The second kappa shape index (κ2) is 5.17. The molecule has 0 fully saturated rings. The quantitative estimate of drug-likeness (QED) is 0.801. The summed E-state index contributed by atoms with van der Waals surface area (Å²) in [5, 5.41) is 0. The van der Waals surface area contributed by atoms with E-state index in [9.17, 15) is 13.6 Å². The molecule has 1 aromatic heterocycles. The second-order valence-corrected chi connectivity index (χ2v) is 3.97. The van der Waals surface area contributed by atoms with Crippen LogP contribution in [0.1, 0.15) is 21.9 Å². The summed E-state index contributed by atoms with van der Waals surface area (Å²) < 4.78 is 33.2. The molecule has 6 heteroatoms. The minimum Gasteiger partial charge on any atom is -0.464 e. The van der Waals surface area contributed by atoms with E-state index >= 15 is 0 Å². The lowest BCUT2D eigenvalue weighted by molar-refractivity contribution is 0.0588. The Bertz CT molecular complexity index is 603. The third-order valence-corrected chi connectivity index (χ3v) is 2.83. The fourth-order valence-electron chi connectivity index (χ4n) is 1.78. The van der Waals surface area contributed by atoms with E-state index in [0.29, 0.717) is 5.82 Å². The third-order valence-electron chi connectivity index (χ3n) is 2.83. The van der Waals surface area contributed by atoms with Gasteiger partial charge < -0.3 is 9.30 Å². The number of methoxy groups -OCH3 is 1. The van der Waals surface area contributed by atoms with Crippen LogP contribution in [-0.2, 0) is 11.3 Å². The molecule has 0 bridgehead atoms. The molecule has 0 unspecified atom stereocenters. The normalized spacial score (nSPS) is 10.5. The number of benzene rings is 1. The van der Waals surface area contributed by atoms with Gasteiger partial charge in [-0.3, -0.25) is 0 Å². The summed E-state index contributed by atoms with van der Waals surface area (Å²) in [6.07, 6.45) is 1.32. The first-order valence-corrected chi connectivity index (χ1v) is 5.58. The molecule has 0 spiro atoms. The van der Waals surface area contributed by atoms with Crippen molar-refractivity contribution < 1.29 is 18.3 Å². The maximum atomic E-state index is 13.6. The van der Waals surface area contributed by atoms with Gasteiger partial charge in [-0.1, -0.05) is 6.07 Å². The highest BCUT2D eigenvalue weighted by atomic mass is 19.1. The lowest BCUT2D eigenvalue weighted by Crippen LogP contribution is -2.14. The number of aromatic nitrogens is 2. The van der Waals surface area contributed by atoms with Crippen LogP contribution in [-0.4, -0.2) is 22.6 Å². The zero-order valence-corrected chi connectivity index (χ0v) is 10.5. The second-order valence-electron chi connectivity index (χ2n) is 3.97. The van der Waals surface area contributed by atoms with Gasteiger partial charge in [0, 0.05) is 5.56 Å². The maximum absolute atomic E-state index is 13.6. The van der Waals surface area contributed by atoms with Gasteiger partial charge in [0.2, 0.25) is 0 Å². The summed E-state index contributed by atoms with van der Waals surface area (Å²) in [5.74, 6) is -1.45. The number of imidazole rings is 1. The summed E-state index contributed by atoms with van der Waals surface area (Å²) in [7, 11) is 1.23. The monoisotopic (exact) mass is 266 g/mol. The molecule has 0 aliphatic heterocycles. The van der Waals surface area contributed by atoms with Crippen molar-refractivity contribution in [3.63, 3.8) is 0 Å².